The first kappa shape index (κ1) is 11.6. The molecule has 1 aromatic heterocycles. The summed E-state index contributed by atoms with van der Waals surface area (Å²) in [5, 5.41) is 4.26. The number of aromatic nitrogens is 2. The highest BCUT2D eigenvalue weighted by Crippen LogP contribution is 2.16. The van der Waals surface area contributed by atoms with Gasteiger partial charge in [0.25, 0.3) is 0 Å². The lowest BCUT2D eigenvalue weighted by Crippen LogP contribution is -2.08. The summed E-state index contributed by atoms with van der Waals surface area (Å²) in [6.45, 7) is 2.09. The molecule has 4 heteroatoms. The molecule has 0 unspecified atom stereocenters. The summed E-state index contributed by atoms with van der Waals surface area (Å²) in [6.07, 6.45) is 4.79. The summed E-state index contributed by atoms with van der Waals surface area (Å²) < 4.78 is 3.00. The highest BCUT2D eigenvalue weighted by Gasteiger charge is 2.03. The Balaban J connectivity index is 2.25. The van der Waals surface area contributed by atoms with Crippen molar-refractivity contribution in [2.75, 3.05) is 0 Å². The molecule has 2 rings (SSSR count). The van der Waals surface area contributed by atoms with Crippen LogP contribution < -0.4 is 5.73 Å². The van der Waals surface area contributed by atoms with Gasteiger partial charge >= 0.3 is 0 Å². The third-order valence-corrected chi connectivity index (χ3v) is 3.13. The van der Waals surface area contributed by atoms with Crippen molar-refractivity contribution in [2.45, 2.75) is 19.4 Å². The molecule has 2 N–H and O–H groups in total. The molecule has 3 nitrogen and oxygen atoms in total. The third kappa shape index (κ3) is 2.44. The second-order valence-electron chi connectivity index (χ2n) is 3.71. The maximum Gasteiger partial charge on any atom is 0.0646 e. The van der Waals surface area contributed by atoms with Crippen LogP contribution in [-0.2, 0) is 0 Å². The Morgan fingerprint density at radius 2 is 2.06 bits per heavy atom. The van der Waals surface area contributed by atoms with Crippen molar-refractivity contribution in [1.29, 1.82) is 0 Å². The van der Waals surface area contributed by atoms with Gasteiger partial charge in [0.2, 0.25) is 0 Å². The summed E-state index contributed by atoms with van der Waals surface area (Å²) in [6, 6.07) is 8.37. The lowest BCUT2D eigenvalue weighted by Gasteiger charge is -2.09. The fraction of sp³-hybridized carbons (Fsp3) is 0.250. The van der Waals surface area contributed by atoms with E-state index in [2.05, 4.69) is 46.7 Å². The van der Waals surface area contributed by atoms with Crippen molar-refractivity contribution in [3.63, 3.8) is 0 Å². The molecule has 0 aliphatic heterocycles. The van der Waals surface area contributed by atoms with Crippen LogP contribution in [0.4, 0.5) is 0 Å². The molecule has 1 heterocycles. The molecule has 0 spiro atoms. The standard InChI is InChI=1S/C12H14IN3/c1-2-12(14)9-3-5-11(6-4-9)16-8-10(13)7-15-16/h3-8,12H,2,14H2,1H3/t12-/m1/s1. The number of nitrogens with zero attached hydrogens (tertiary/aromatic N) is 2. The van der Waals surface area contributed by atoms with Crippen LogP contribution in [0.1, 0.15) is 24.9 Å². The van der Waals surface area contributed by atoms with Crippen LogP contribution in [0.25, 0.3) is 5.69 Å². The minimum absolute atomic E-state index is 0.131. The van der Waals surface area contributed by atoms with Crippen LogP contribution in [0.15, 0.2) is 36.7 Å². The predicted octanol–water partition coefficient (Wildman–Crippen LogP) is 2.89. The van der Waals surface area contributed by atoms with E-state index in [1.165, 1.54) is 5.56 Å². The van der Waals surface area contributed by atoms with Gasteiger partial charge in [0.1, 0.15) is 0 Å². The molecule has 0 aliphatic carbocycles. The van der Waals surface area contributed by atoms with Gasteiger partial charge in [-0.05, 0) is 46.7 Å². The first-order valence-corrected chi connectivity index (χ1v) is 6.34. The molecule has 84 valence electrons. The molecular weight excluding hydrogens is 313 g/mol. The molecule has 1 atom stereocenters. The van der Waals surface area contributed by atoms with Crippen LogP contribution in [-0.4, -0.2) is 9.78 Å². The van der Waals surface area contributed by atoms with E-state index in [1.54, 1.807) is 0 Å². The zero-order chi connectivity index (χ0) is 11.5. The number of hydrogen-bond acceptors (Lipinski definition) is 2. The molecule has 0 saturated carbocycles. The molecule has 0 aliphatic rings. The molecule has 0 bridgehead atoms. The molecule has 0 radical (unpaired) electrons. The van der Waals surface area contributed by atoms with Gasteiger partial charge in [0.15, 0.2) is 0 Å². The molecule has 0 fully saturated rings. The molecule has 0 amide bonds. The van der Waals surface area contributed by atoms with Crippen molar-refractivity contribution >= 4 is 22.6 Å². The lowest BCUT2D eigenvalue weighted by atomic mass is 10.1. The first-order chi connectivity index (χ1) is 7.70. The maximum atomic E-state index is 5.96. The van der Waals surface area contributed by atoms with Gasteiger partial charge in [-0.25, -0.2) is 4.68 Å². The largest absolute Gasteiger partial charge is 0.324 e. The lowest BCUT2D eigenvalue weighted by molar-refractivity contribution is 0.698. The average molecular weight is 327 g/mol. The Bertz CT molecular complexity index is 461. The molecule has 1 aromatic carbocycles. The number of nitrogens with two attached hydrogens (primary N) is 1. The number of rotatable bonds is 3. The summed E-state index contributed by atoms with van der Waals surface area (Å²) in [4.78, 5) is 0. The van der Waals surface area contributed by atoms with Crippen LogP contribution in [0, 0.1) is 3.57 Å². The summed E-state index contributed by atoms with van der Waals surface area (Å²) in [5.41, 5.74) is 8.20. The average Bonchev–Trinajstić information content (AvgIpc) is 2.75. The minimum atomic E-state index is 0.131. The monoisotopic (exact) mass is 327 g/mol. The van der Waals surface area contributed by atoms with E-state index in [0.29, 0.717) is 0 Å². The topological polar surface area (TPSA) is 43.8 Å². The van der Waals surface area contributed by atoms with E-state index in [9.17, 15) is 0 Å². The normalized spacial score (nSPS) is 12.7. The van der Waals surface area contributed by atoms with Gasteiger partial charge in [-0.15, -0.1) is 0 Å². The number of halogens is 1. The number of benzene rings is 1. The van der Waals surface area contributed by atoms with Gasteiger partial charge < -0.3 is 5.73 Å². The van der Waals surface area contributed by atoms with Crippen LogP contribution in [0.5, 0.6) is 0 Å². The zero-order valence-electron chi connectivity index (χ0n) is 9.10. The Labute approximate surface area is 109 Å². The smallest absolute Gasteiger partial charge is 0.0646 e. The van der Waals surface area contributed by atoms with E-state index in [0.717, 1.165) is 15.7 Å². The second kappa shape index (κ2) is 4.97. The van der Waals surface area contributed by atoms with E-state index in [-0.39, 0.29) is 6.04 Å². The Morgan fingerprint density at radius 1 is 1.38 bits per heavy atom. The van der Waals surface area contributed by atoms with Crippen LogP contribution >= 0.6 is 22.6 Å². The Hall–Kier alpha value is -0.880. The van der Waals surface area contributed by atoms with Gasteiger partial charge in [-0.1, -0.05) is 19.1 Å². The highest BCUT2D eigenvalue weighted by atomic mass is 127. The fourth-order valence-electron chi connectivity index (χ4n) is 1.55. The molecular formula is C12H14IN3. The summed E-state index contributed by atoms with van der Waals surface area (Å²) in [7, 11) is 0. The molecule has 16 heavy (non-hydrogen) atoms. The number of hydrogen-bond donors (Lipinski definition) is 1. The van der Waals surface area contributed by atoms with E-state index in [1.807, 2.05) is 29.2 Å². The van der Waals surface area contributed by atoms with Gasteiger partial charge in [-0.2, -0.15) is 5.10 Å². The van der Waals surface area contributed by atoms with Gasteiger partial charge in [0.05, 0.1) is 15.5 Å². The Kier molecular flexibility index (Phi) is 3.60. The molecule has 2 aromatic rings. The minimum Gasteiger partial charge on any atom is -0.324 e. The van der Waals surface area contributed by atoms with Crippen LogP contribution in [0.2, 0.25) is 0 Å². The van der Waals surface area contributed by atoms with Crippen molar-refractivity contribution in [2.24, 2.45) is 5.73 Å². The highest BCUT2D eigenvalue weighted by molar-refractivity contribution is 14.1. The van der Waals surface area contributed by atoms with Gasteiger partial charge in [-0.3, -0.25) is 0 Å². The van der Waals surface area contributed by atoms with E-state index in [4.69, 9.17) is 5.73 Å². The zero-order valence-corrected chi connectivity index (χ0v) is 11.3. The first-order valence-electron chi connectivity index (χ1n) is 5.27. The van der Waals surface area contributed by atoms with Crippen molar-refractivity contribution in [3.8, 4) is 5.69 Å². The molecule has 0 saturated heterocycles. The van der Waals surface area contributed by atoms with Crippen molar-refractivity contribution in [1.82, 2.24) is 9.78 Å². The third-order valence-electron chi connectivity index (χ3n) is 2.58. The Morgan fingerprint density at radius 3 is 2.56 bits per heavy atom. The van der Waals surface area contributed by atoms with Crippen molar-refractivity contribution in [3.05, 3.63) is 45.8 Å². The van der Waals surface area contributed by atoms with E-state index >= 15 is 0 Å². The fourth-order valence-corrected chi connectivity index (χ4v) is 1.94. The maximum absolute atomic E-state index is 5.96. The van der Waals surface area contributed by atoms with Crippen molar-refractivity contribution < 1.29 is 0 Å². The summed E-state index contributed by atoms with van der Waals surface area (Å²) in [5.74, 6) is 0. The second-order valence-corrected chi connectivity index (χ2v) is 4.96. The van der Waals surface area contributed by atoms with Gasteiger partial charge in [0, 0.05) is 12.2 Å². The van der Waals surface area contributed by atoms with Crippen LogP contribution in [0.3, 0.4) is 0 Å². The quantitative estimate of drug-likeness (QED) is 0.881. The summed E-state index contributed by atoms with van der Waals surface area (Å²) >= 11 is 2.25. The SMILES string of the molecule is CC[C@@H](N)c1ccc(-n2cc(I)cn2)cc1. The van der Waals surface area contributed by atoms with E-state index < -0.39 is 0 Å². The predicted molar refractivity (Wildman–Crippen MR) is 73.5 cm³/mol.